The van der Waals surface area contributed by atoms with Gasteiger partial charge in [-0.05, 0) is 48.2 Å². The van der Waals surface area contributed by atoms with Gasteiger partial charge in [0.2, 0.25) is 0 Å². The highest BCUT2D eigenvalue weighted by Crippen LogP contribution is 2.38. The lowest BCUT2D eigenvalue weighted by atomic mass is 9.99. The summed E-state index contributed by atoms with van der Waals surface area (Å²) in [5.74, 6) is 0.394. The van der Waals surface area contributed by atoms with Crippen molar-refractivity contribution >= 4 is 51.7 Å². The van der Waals surface area contributed by atoms with Gasteiger partial charge in [0.1, 0.15) is 15.8 Å². The number of hydrogen-bond acceptors (Lipinski definition) is 6. The SMILES string of the molecule is CC(c1ccccc1)N1C(=O)C(=Cc2c(N3CCc4ccccc4C3)nc3ccccn3c2=O)SC1=S. The smallest absolute Gasteiger partial charge is 0.267 e. The fraction of sp³-hybridized carbons (Fsp3) is 0.172. The van der Waals surface area contributed by atoms with Gasteiger partial charge in [0.05, 0.1) is 16.5 Å². The molecule has 4 aromatic rings. The summed E-state index contributed by atoms with van der Waals surface area (Å²) in [6.45, 7) is 3.35. The van der Waals surface area contributed by atoms with Crippen molar-refractivity contribution in [2.75, 3.05) is 11.4 Å². The van der Waals surface area contributed by atoms with Gasteiger partial charge in [0.15, 0.2) is 0 Å². The van der Waals surface area contributed by atoms with E-state index in [0.717, 1.165) is 18.5 Å². The molecule has 1 amide bonds. The van der Waals surface area contributed by atoms with Crippen molar-refractivity contribution in [1.82, 2.24) is 14.3 Å². The lowest BCUT2D eigenvalue weighted by molar-refractivity contribution is -0.123. The fourth-order valence-corrected chi connectivity index (χ4v) is 6.36. The Balaban J connectivity index is 1.43. The molecule has 0 N–H and O–H groups in total. The predicted octanol–water partition coefficient (Wildman–Crippen LogP) is 5.22. The number of anilines is 1. The quantitative estimate of drug-likeness (QED) is 0.270. The van der Waals surface area contributed by atoms with E-state index in [9.17, 15) is 9.59 Å². The molecule has 2 aromatic carbocycles. The maximum Gasteiger partial charge on any atom is 0.267 e. The first-order valence-electron chi connectivity index (χ1n) is 12.2. The normalized spacial score (nSPS) is 17.5. The molecule has 0 radical (unpaired) electrons. The molecule has 1 saturated heterocycles. The zero-order valence-electron chi connectivity index (χ0n) is 20.2. The Labute approximate surface area is 224 Å². The summed E-state index contributed by atoms with van der Waals surface area (Å²) in [7, 11) is 0. The van der Waals surface area contributed by atoms with Gasteiger partial charge in [0.25, 0.3) is 11.5 Å². The topological polar surface area (TPSA) is 57.9 Å². The molecule has 2 aromatic heterocycles. The van der Waals surface area contributed by atoms with Crippen molar-refractivity contribution in [2.45, 2.75) is 25.9 Å². The predicted molar refractivity (Wildman–Crippen MR) is 153 cm³/mol. The third-order valence-electron chi connectivity index (χ3n) is 6.95. The summed E-state index contributed by atoms with van der Waals surface area (Å²) in [6.07, 6.45) is 4.25. The van der Waals surface area contributed by atoms with Crippen molar-refractivity contribution in [3.8, 4) is 0 Å². The summed E-state index contributed by atoms with van der Waals surface area (Å²) in [5.41, 5.74) is 4.30. The van der Waals surface area contributed by atoms with Crippen LogP contribution >= 0.6 is 24.0 Å². The maximum atomic E-state index is 13.7. The first-order valence-corrected chi connectivity index (χ1v) is 13.4. The number of fused-ring (bicyclic) bond motifs is 2. The Morgan fingerprint density at radius 1 is 0.973 bits per heavy atom. The number of carbonyl (C=O) groups is 1. The molecule has 0 spiro atoms. The van der Waals surface area contributed by atoms with E-state index in [1.165, 1.54) is 27.3 Å². The molecule has 184 valence electrons. The molecule has 2 aliphatic rings. The maximum absolute atomic E-state index is 13.7. The van der Waals surface area contributed by atoms with E-state index >= 15 is 0 Å². The Bertz CT molecular complexity index is 1630. The van der Waals surface area contributed by atoms with Crippen LogP contribution in [-0.4, -0.2) is 31.1 Å². The largest absolute Gasteiger partial charge is 0.351 e. The molecule has 4 heterocycles. The first kappa shape index (κ1) is 23.6. The monoisotopic (exact) mass is 524 g/mol. The summed E-state index contributed by atoms with van der Waals surface area (Å²) >= 11 is 6.85. The van der Waals surface area contributed by atoms with Crippen molar-refractivity contribution in [1.29, 1.82) is 0 Å². The molecule has 1 unspecified atom stereocenters. The summed E-state index contributed by atoms with van der Waals surface area (Å²) < 4.78 is 2.01. The number of amides is 1. The van der Waals surface area contributed by atoms with Crippen molar-refractivity contribution in [2.24, 2.45) is 0 Å². The van der Waals surface area contributed by atoms with E-state index in [4.69, 9.17) is 17.2 Å². The third kappa shape index (κ3) is 4.26. The Morgan fingerprint density at radius 3 is 2.51 bits per heavy atom. The standard InChI is InChI=1S/C29H24N4O2S2/c1-19(20-9-3-2-4-10-20)33-28(35)24(37-29(33)36)17-23-26(30-25-13-7-8-15-32(25)27(23)34)31-16-14-21-11-5-6-12-22(21)18-31/h2-13,15,17,19H,14,16,18H2,1H3. The van der Waals surface area contributed by atoms with Gasteiger partial charge in [-0.25, -0.2) is 4.98 Å². The van der Waals surface area contributed by atoms with Crippen LogP contribution < -0.4 is 10.5 Å². The van der Waals surface area contributed by atoms with E-state index in [1.807, 2.05) is 55.5 Å². The van der Waals surface area contributed by atoms with Crippen LogP contribution in [0.3, 0.4) is 0 Å². The van der Waals surface area contributed by atoms with Gasteiger partial charge in [0, 0.05) is 19.3 Å². The summed E-state index contributed by atoms with van der Waals surface area (Å²) in [6, 6.07) is 23.4. The van der Waals surface area contributed by atoms with E-state index in [-0.39, 0.29) is 17.5 Å². The highest BCUT2D eigenvalue weighted by Gasteiger charge is 2.36. The third-order valence-corrected chi connectivity index (χ3v) is 8.28. The van der Waals surface area contributed by atoms with Crippen LogP contribution in [0.25, 0.3) is 11.7 Å². The molecule has 0 aliphatic carbocycles. The molecule has 0 saturated carbocycles. The lowest BCUT2D eigenvalue weighted by Gasteiger charge is -2.30. The molecule has 37 heavy (non-hydrogen) atoms. The van der Waals surface area contributed by atoms with E-state index in [0.29, 0.717) is 32.8 Å². The average molecular weight is 525 g/mol. The fourth-order valence-electron chi connectivity index (χ4n) is 4.96. The highest BCUT2D eigenvalue weighted by atomic mass is 32.2. The average Bonchev–Trinajstić information content (AvgIpc) is 3.22. The van der Waals surface area contributed by atoms with Crippen LogP contribution in [0.2, 0.25) is 0 Å². The van der Waals surface area contributed by atoms with Crippen molar-refractivity contribution < 1.29 is 4.79 Å². The van der Waals surface area contributed by atoms with Gasteiger partial charge in [-0.15, -0.1) is 0 Å². The van der Waals surface area contributed by atoms with Gasteiger partial charge in [-0.3, -0.25) is 18.9 Å². The second-order valence-electron chi connectivity index (χ2n) is 9.16. The van der Waals surface area contributed by atoms with Crippen LogP contribution in [-0.2, 0) is 17.8 Å². The summed E-state index contributed by atoms with van der Waals surface area (Å²) in [4.78, 5) is 36.4. The van der Waals surface area contributed by atoms with E-state index in [2.05, 4.69) is 23.1 Å². The number of nitrogens with zero attached hydrogens (tertiary/aromatic N) is 4. The minimum absolute atomic E-state index is 0.196. The molecule has 0 bridgehead atoms. The highest BCUT2D eigenvalue weighted by molar-refractivity contribution is 8.26. The number of hydrogen-bond donors (Lipinski definition) is 0. The van der Waals surface area contributed by atoms with Crippen LogP contribution in [0.1, 0.15) is 35.2 Å². The molecule has 2 aliphatic heterocycles. The van der Waals surface area contributed by atoms with Crippen molar-refractivity contribution in [3.63, 3.8) is 0 Å². The molecular formula is C29H24N4O2S2. The number of rotatable bonds is 4. The molecule has 6 rings (SSSR count). The lowest BCUT2D eigenvalue weighted by Crippen LogP contribution is -2.34. The van der Waals surface area contributed by atoms with E-state index in [1.54, 1.807) is 23.2 Å². The zero-order valence-corrected chi connectivity index (χ0v) is 21.8. The number of aromatic nitrogens is 2. The minimum atomic E-state index is -0.214. The number of benzene rings is 2. The molecule has 6 nitrogen and oxygen atoms in total. The zero-order chi connectivity index (χ0) is 25.5. The number of pyridine rings is 1. The van der Waals surface area contributed by atoms with Crippen LogP contribution in [0.5, 0.6) is 0 Å². The Kier molecular flexibility index (Phi) is 6.14. The van der Waals surface area contributed by atoms with Crippen LogP contribution in [0, 0.1) is 0 Å². The number of thiocarbonyl (C=S) groups is 1. The van der Waals surface area contributed by atoms with Crippen LogP contribution in [0.15, 0.2) is 88.7 Å². The Hall–Kier alpha value is -3.75. The minimum Gasteiger partial charge on any atom is -0.351 e. The molecule has 1 fully saturated rings. The van der Waals surface area contributed by atoms with Gasteiger partial charge < -0.3 is 4.90 Å². The number of carbonyl (C=O) groups excluding carboxylic acids is 1. The molecular weight excluding hydrogens is 500 g/mol. The van der Waals surface area contributed by atoms with Gasteiger partial charge in [-0.2, -0.15) is 0 Å². The van der Waals surface area contributed by atoms with Gasteiger partial charge >= 0.3 is 0 Å². The van der Waals surface area contributed by atoms with Crippen LogP contribution in [0.4, 0.5) is 5.82 Å². The molecule has 1 atom stereocenters. The van der Waals surface area contributed by atoms with E-state index < -0.39 is 0 Å². The Morgan fingerprint density at radius 2 is 1.70 bits per heavy atom. The van der Waals surface area contributed by atoms with Crippen molar-refractivity contribution in [3.05, 3.63) is 117 Å². The summed E-state index contributed by atoms with van der Waals surface area (Å²) in [5, 5.41) is 0. The molecule has 8 heteroatoms. The first-order chi connectivity index (χ1) is 18.0. The van der Waals surface area contributed by atoms with Gasteiger partial charge in [-0.1, -0.05) is 84.6 Å². The second-order valence-corrected chi connectivity index (χ2v) is 10.8. The number of thioether (sulfide) groups is 1. The second kappa shape index (κ2) is 9.61.